The van der Waals surface area contributed by atoms with Gasteiger partial charge in [0.25, 0.3) is 0 Å². The standard InChI is InChI=1S/C18H17BrO2/c1-18(2,3)15-10-5-4-8-13(15)17(21)14-9-6-7-12(11-20)16(14)19/h4-11H,1-3H3. The average Bonchev–Trinajstić information content (AvgIpc) is 2.46. The molecule has 108 valence electrons. The van der Waals surface area contributed by atoms with Gasteiger partial charge in [0.15, 0.2) is 12.1 Å². The SMILES string of the molecule is CC(C)(C)c1ccccc1C(=O)c1cccc(C=O)c1Br. The number of rotatable bonds is 3. The van der Waals surface area contributed by atoms with Crippen LogP contribution in [0.15, 0.2) is 46.9 Å². The molecular weight excluding hydrogens is 328 g/mol. The Bertz CT molecular complexity index is 697. The monoisotopic (exact) mass is 344 g/mol. The van der Waals surface area contributed by atoms with Gasteiger partial charge in [0.2, 0.25) is 0 Å². The van der Waals surface area contributed by atoms with Crippen molar-refractivity contribution in [2.45, 2.75) is 26.2 Å². The fraction of sp³-hybridized carbons (Fsp3) is 0.222. The van der Waals surface area contributed by atoms with E-state index >= 15 is 0 Å². The number of halogens is 1. The Morgan fingerprint density at radius 2 is 1.62 bits per heavy atom. The molecule has 0 aliphatic carbocycles. The van der Waals surface area contributed by atoms with Crippen LogP contribution in [0.1, 0.15) is 52.6 Å². The molecule has 0 aliphatic heterocycles. The van der Waals surface area contributed by atoms with Crippen LogP contribution in [0, 0.1) is 0 Å². The summed E-state index contributed by atoms with van der Waals surface area (Å²) in [4.78, 5) is 23.9. The lowest BCUT2D eigenvalue weighted by Crippen LogP contribution is -2.17. The van der Waals surface area contributed by atoms with Crippen LogP contribution in [0.5, 0.6) is 0 Å². The van der Waals surface area contributed by atoms with Crippen molar-refractivity contribution in [3.05, 3.63) is 69.2 Å². The Kier molecular flexibility index (Phi) is 4.43. The molecule has 2 rings (SSSR count). The smallest absolute Gasteiger partial charge is 0.194 e. The first-order chi connectivity index (χ1) is 9.86. The van der Waals surface area contributed by atoms with E-state index in [4.69, 9.17) is 0 Å². The van der Waals surface area contributed by atoms with Crippen molar-refractivity contribution in [3.63, 3.8) is 0 Å². The third kappa shape index (κ3) is 3.13. The van der Waals surface area contributed by atoms with Gasteiger partial charge in [-0.15, -0.1) is 0 Å². The molecule has 0 saturated heterocycles. The van der Waals surface area contributed by atoms with Crippen LogP contribution in [-0.2, 0) is 5.41 Å². The van der Waals surface area contributed by atoms with Gasteiger partial charge >= 0.3 is 0 Å². The van der Waals surface area contributed by atoms with Crippen molar-refractivity contribution < 1.29 is 9.59 Å². The predicted octanol–water partition coefficient (Wildman–Crippen LogP) is 4.79. The van der Waals surface area contributed by atoms with Crippen LogP contribution in [-0.4, -0.2) is 12.1 Å². The summed E-state index contributed by atoms with van der Waals surface area (Å²) in [6.45, 7) is 6.24. The minimum Gasteiger partial charge on any atom is -0.298 e. The van der Waals surface area contributed by atoms with Crippen molar-refractivity contribution >= 4 is 28.0 Å². The Morgan fingerprint density at radius 1 is 1.00 bits per heavy atom. The first kappa shape index (κ1) is 15.6. The molecule has 2 aromatic rings. The molecule has 0 heterocycles. The molecule has 0 saturated carbocycles. The normalized spacial score (nSPS) is 11.2. The molecule has 0 aliphatic rings. The van der Waals surface area contributed by atoms with E-state index in [1.54, 1.807) is 18.2 Å². The van der Waals surface area contributed by atoms with Crippen LogP contribution in [0.3, 0.4) is 0 Å². The summed E-state index contributed by atoms with van der Waals surface area (Å²) in [5.41, 5.74) is 2.54. The highest BCUT2D eigenvalue weighted by Crippen LogP contribution is 2.30. The van der Waals surface area contributed by atoms with Gasteiger partial charge in [0.1, 0.15) is 0 Å². The highest BCUT2D eigenvalue weighted by molar-refractivity contribution is 9.10. The first-order valence-corrected chi connectivity index (χ1v) is 7.53. The van der Waals surface area contributed by atoms with Gasteiger partial charge in [0, 0.05) is 21.2 Å². The van der Waals surface area contributed by atoms with Crippen molar-refractivity contribution in [2.75, 3.05) is 0 Å². The number of carbonyl (C=O) groups is 2. The molecule has 2 nitrogen and oxygen atoms in total. The fourth-order valence-corrected chi connectivity index (χ4v) is 2.83. The van der Waals surface area contributed by atoms with E-state index < -0.39 is 0 Å². The topological polar surface area (TPSA) is 34.1 Å². The molecule has 3 heteroatoms. The average molecular weight is 345 g/mol. The van der Waals surface area contributed by atoms with E-state index in [2.05, 4.69) is 36.7 Å². The molecule has 0 atom stereocenters. The van der Waals surface area contributed by atoms with Crippen molar-refractivity contribution in [3.8, 4) is 0 Å². The molecular formula is C18H17BrO2. The highest BCUT2D eigenvalue weighted by atomic mass is 79.9. The van der Waals surface area contributed by atoms with Gasteiger partial charge < -0.3 is 0 Å². The Labute approximate surface area is 133 Å². The molecule has 0 N–H and O–H groups in total. The largest absolute Gasteiger partial charge is 0.298 e. The second-order valence-electron chi connectivity index (χ2n) is 5.95. The summed E-state index contributed by atoms with van der Waals surface area (Å²) < 4.78 is 0.550. The highest BCUT2D eigenvalue weighted by Gasteiger charge is 2.23. The van der Waals surface area contributed by atoms with Crippen LogP contribution in [0.2, 0.25) is 0 Å². The minimum atomic E-state index is -0.124. The number of benzene rings is 2. The molecule has 0 aromatic heterocycles. The second kappa shape index (κ2) is 5.94. The van der Waals surface area contributed by atoms with Crippen LogP contribution in [0.4, 0.5) is 0 Å². The molecule has 0 amide bonds. The summed E-state index contributed by atoms with van der Waals surface area (Å²) in [5.74, 6) is -0.0731. The molecule has 2 aromatic carbocycles. The Hall–Kier alpha value is -1.74. The summed E-state index contributed by atoms with van der Waals surface area (Å²) in [7, 11) is 0. The van der Waals surface area contributed by atoms with E-state index in [0.717, 1.165) is 11.8 Å². The van der Waals surface area contributed by atoms with Gasteiger partial charge in [-0.1, -0.05) is 57.2 Å². The lowest BCUT2D eigenvalue weighted by molar-refractivity contribution is 0.103. The molecule has 0 fully saturated rings. The zero-order valence-electron chi connectivity index (χ0n) is 12.3. The van der Waals surface area contributed by atoms with E-state index in [1.807, 2.05) is 24.3 Å². The predicted molar refractivity (Wildman–Crippen MR) is 88.1 cm³/mol. The number of ketones is 1. The van der Waals surface area contributed by atoms with Crippen molar-refractivity contribution in [2.24, 2.45) is 0 Å². The van der Waals surface area contributed by atoms with E-state index in [9.17, 15) is 9.59 Å². The van der Waals surface area contributed by atoms with Crippen LogP contribution in [0.25, 0.3) is 0 Å². The number of hydrogen-bond donors (Lipinski definition) is 0. The summed E-state index contributed by atoms with van der Waals surface area (Å²) in [6.07, 6.45) is 0.747. The van der Waals surface area contributed by atoms with Gasteiger partial charge in [-0.2, -0.15) is 0 Å². The number of aldehydes is 1. The second-order valence-corrected chi connectivity index (χ2v) is 6.74. The Balaban J connectivity index is 2.59. The summed E-state index contributed by atoms with van der Waals surface area (Å²) >= 11 is 3.36. The van der Waals surface area contributed by atoms with Gasteiger partial charge in [-0.05, 0) is 33.0 Å². The van der Waals surface area contributed by atoms with E-state index in [-0.39, 0.29) is 11.2 Å². The number of carbonyl (C=O) groups excluding carboxylic acids is 2. The zero-order valence-corrected chi connectivity index (χ0v) is 13.9. The lowest BCUT2D eigenvalue weighted by Gasteiger charge is -2.22. The van der Waals surface area contributed by atoms with Crippen LogP contribution < -0.4 is 0 Å². The molecule has 0 unspecified atom stereocenters. The maximum absolute atomic E-state index is 12.9. The maximum atomic E-state index is 12.9. The lowest BCUT2D eigenvalue weighted by atomic mass is 9.82. The maximum Gasteiger partial charge on any atom is 0.194 e. The van der Waals surface area contributed by atoms with Gasteiger partial charge in [0.05, 0.1) is 0 Å². The summed E-state index contributed by atoms with van der Waals surface area (Å²) in [5, 5.41) is 0. The Morgan fingerprint density at radius 3 is 2.24 bits per heavy atom. The van der Waals surface area contributed by atoms with E-state index in [1.165, 1.54) is 0 Å². The molecule has 0 radical (unpaired) electrons. The quantitative estimate of drug-likeness (QED) is 0.592. The van der Waals surface area contributed by atoms with Gasteiger partial charge in [-0.25, -0.2) is 0 Å². The van der Waals surface area contributed by atoms with Crippen molar-refractivity contribution in [1.82, 2.24) is 0 Å². The van der Waals surface area contributed by atoms with Crippen molar-refractivity contribution in [1.29, 1.82) is 0 Å². The minimum absolute atomic E-state index is 0.0731. The fourth-order valence-electron chi connectivity index (χ4n) is 2.30. The molecule has 0 bridgehead atoms. The van der Waals surface area contributed by atoms with Gasteiger partial charge in [-0.3, -0.25) is 9.59 Å². The number of hydrogen-bond acceptors (Lipinski definition) is 2. The zero-order chi connectivity index (χ0) is 15.6. The molecule has 21 heavy (non-hydrogen) atoms. The molecule has 0 spiro atoms. The third-order valence-corrected chi connectivity index (χ3v) is 4.26. The first-order valence-electron chi connectivity index (χ1n) is 6.74. The third-order valence-electron chi connectivity index (χ3n) is 3.38. The van der Waals surface area contributed by atoms with E-state index in [0.29, 0.717) is 21.2 Å². The summed E-state index contributed by atoms with van der Waals surface area (Å²) in [6, 6.07) is 12.8. The van der Waals surface area contributed by atoms with Crippen LogP contribution >= 0.6 is 15.9 Å².